The predicted molar refractivity (Wildman–Crippen MR) is 95.8 cm³/mol. The van der Waals surface area contributed by atoms with Crippen molar-refractivity contribution in [3.63, 3.8) is 0 Å². The first-order valence-electron chi connectivity index (χ1n) is 7.92. The molecule has 5 nitrogen and oxygen atoms in total. The van der Waals surface area contributed by atoms with Crippen LogP contribution in [0.2, 0.25) is 0 Å². The fourth-order valence-electron chi connectivity index (χ4n) is 2.44. The zero-order valence-electron chi connectivity index (χ0n) is 15.0. The van der Waals surface area contributed by atoms with Crippen LogP contribution < -0.4 is 5.32 Å². The van der Waals surface area contributed by atoms with Crippen LogP contribution in [-0.2, 0) is 21.0 Å². The lowest BCUT2D eigenvalue weighted by molar-refractivity contribution is -0.139. The van der Waals surface area contributed by atoms with Gasteiger partial charge in [-0.15, -0.1) is 0 Å². The van der Waals surface area contributed by atoms with Gasteiger partial charge in [-0.2, -0.15) is 17.5 Å². The Morgan fingerprint density at radius 1 is 1.11 bits per heavy atom. The third-order valence-corrected chi connectivity index (χ3v) is 5.78. The summed E-state index contributed by atoms with van der Waals surface area (Å²) in [5.41, 5.74) is 0.922. The van der Waals surface area contributed by atoms with Crippen molar-refractivity contribution < 1.29 is 26.4 Å². The summed E-state index contributed by atoms with van der Waals surface area (Å²) in [5.74, 6) is -0.653. The van der Waals surface area contributed by atoms with Crippen molar-refractivity contribution in [2.45, 2.75) is 24.9 Å². The molecule has 0 bridgehead atoms. The van der Waals surface area contributed by atoms with E-state index in [9.17, 15) is 26.4 Å². The summed E-state index contributed by atoms with van der Waals surface area (Å²) < 4.78 is 65.0. The average Bonchev–Trinajstić information content (AvgIpc) is 2.57. The number of rotatable bonds is 5. The van der Waals surface area contributed by atoms with Gasteiger partial charge in [0, 0.05) is 12.7 Å². The van der Waals surface area contributed by atoms with Crippen LogP contribution in [0.15, 0.2) is 47.4 Å². The Labute approximate surface area is 155 Å². The maximum absolute atomic E-state index is 13.1. The second-order valence-electron chi connectivity index (χ2n) is 6.12. The number of amides is 1. The Hall–Kier alpha value is -2.39. The second kappa shape index (κ2) is 7.69. The van der Waals surface area contributed by atoms with Gasteiger partial charge in [-0.3, -0.25) is 4.79 Å². The van der Waals surface area contributed by atoms with E-state index in [1.165, 1.54) is 6.07 Å². The molecular formula is C18H19F3N2O3S. The van der Waals surface area contributed by atoms with Gasteiger partial charge in [0.1, 0.15) is 0 Å². The smallest absolute Gasteiger partial charge is 0.325 e. The van der Waals surface area contributed by atoms with Gasteiger partial charge in [-0.25, -0.2) is 8.42 Å². The SMILES string of the molecule is Cc1ccc(C)c(NC(=O)CN(C)S(=O)(=O)c2ccccc2C(F)(F)F)c1. The molecule has 0 atom stereocenters. The lowest BCUT2D eigenvalue weighted by atomic mass is 10.1. The van der Waals surface area contributed by atoms with Crippen molar-refractivity contribution in [2.24, 2.45) is 0 Å². The van der Waals surface area contributed by atoms with E-state index < -0.39 is 39.1 Å². The summed E-state index contributed by atoms with van der Waals surface area (Å²) in [6.07, 6.45) is -4.83. The minimum Gasteiger partial charge on any atom is -0.325 e. The van der Waals surface area contributed by atoms with Gasteiger partial charge in [-0.1, -0.05) is 24.3 Å². The van der Waals surface area contributed by atoms with Gasteiger partial charge in [0.25, 0.3) is 0 Å². The van der Waals surface area contributed by atoms with E-state index in [0.717, 1.165) is 30.3 Å². The highest BCUT2D eigenvalue weighted by atomic mass is 32.2. The molecule has 0 unspecified atom stereocenters. The molecule has 1 amide bonds. The number of nitrogens with zero attached hydrogens (tertiary/aromatic N) is 1. The van der Waals surface area contributed by atoms with Crippen molar-refractivity contribution in [2.75, 3.05) is 18.9 Å². The number of anilines is 1. The van der Waals surface area contributed by atoms with Crippen LogP contribution in [0.3, 0.4) is 0 Å². The zero-order chi connectivity index (χ0) is 20.4. The fraction of sp³-hybridized carbons (Fsp3) is 0.278. The van der Waals surface area contributed by atoms with E-state index >= 15 is 0 Å². The van der Waals surface area contributed by atoms with Gasteiger partial charge >= 0.3 is 6.18 Å². The van der Waals surface area contributed by atoms with Gasteiger partial charge in [-0.05, 0) is 43.2 Å². The molecule has 27 heavy (non-hydrogen) atoms. The molecular weight excluding hydrogens is 381 g/mol. The normalized spacial score (nSPS) is 12.3. The summed E-state index contributed by atoms with van der Waals surface area (Å²) >= 11 is 0. The number of benzene rings is 2. The number of sulfonamides is 1. The number of halogens is 3. The molecule has 0 aliphatic rings. The number of aryl methyl sites for hydroxylation is 2. The Bertz CT molecular complexity index is 957. The zero-order valence-corrected chi connectivity index (χ0v) is 15.8. The molecule has 2 aromatic carbocycles. The maximum Gasteiger partial charge on any atom is 0.417 e. The number of hydrogen-bond donors (Lipinski definition) is 1. The van der Waals surface area contributed by atoms with Crippen molar-refractivity contribution in [3.05, 3.63) is 59.2 Å². The monoisotopic (exact) mass is 400 g/mol. The van der Waals surface area contributed by atoms with Crippen molar-refractivity contribution in [1.29, 1.82) is 0 Å². The topological polar surface area (TPSA) is 66.5 Å². The Morgan fingerprint density at radius 2 is 1.74 bits per heavy atom. The molecule has 2 rings (SSSR count). The second-order valence-corrected chi connectivity index (χ2v) is 8.13. The van der Waals surface area contributed by atoms with Gasteiger partial charge in [0.2, 0.25) is 15.9 Å². The van der Waals surface area contributed by atoms with Crippen LogP contribution >= 0.6 is 0 Å². The summed E-state index contributed by atoms with van der Waals surface area (Å²) in [5, 5.41) is 2.58. The largest absolute Gasteiger partial charge is 0.417 e. The van der Waals surface area contributed by atoms with E-state index in [4.69, 9.17) is 0 Å². The molecule has 0 aliphatic heterocycles. The van der Waals surface area contributed by atoms with Crippen molar-refractivity contribution in [1.82, 2.24) is 4.31 Å². The number of carbonyl (C=O) groups is 1. The van der Waals surface area contributed by atoms with E-state index in [1.54, 1.807) is 19.1 Å². The molecule has 146 valence electrons. The Balaban J connectivity index is 2.23. The van der Waals surface area contributed by atoms with Gasteiger partial charge in [0.05, 0.1) is 17.0 Å². The third kappa shape index (κ3) is 4.86. The molecule has 0 heterocycles. The summed E-state index contributed by atoms with van der Waals surface area (Å²) in [6.45, 7) is 2.98. The average molecular weight is 400 g/mol. The molecule has 0 radical (unpaired) electrons. The highest BCUT2D eigenvalue weighted by Crippen LogP contribution is 2.34. The predicted octanol–water partition coefficient (Wildman–Crippen LogP) is 3.58. The molecule has 0 aromatic heterocycles. The fourth-order valence-corrected chi connectivity index (χ4v) is 3.78. The summed E-state index contributed by atoms with van der Waals surface area (Å²) in [4.78, 5) is 11.3. The highest BCUT2D eigenvalue weighted by Gasteiger charge is 2.38. The number of hydrogen-bond acceptors (Lipinski definition) is 3. The molecule has 0 aliphatic carbocycles. The standard InChI is InChI=1S/C18H19F3N2O3S/c1-12-8-9-13(2)15(10-12)22-17(24)11-23(3)27(25,26)16-7-5-4-6-14(16)18(19,20)21/h4-10H,11H2,1-3H3,(H,22,24). The van der Waals surface area contributed by atoms with Crippen LogP contribution in [-0.4, -0.2) is 32.2 Å². The van der Waals surface area contributed by atoms with Crippen LogP contribution in [0.4, 0.5) is 18.9 Å². The molecule has 0 saturated carbocycles. The number of carbonyl (C=O) groups excluding carboxylic acids is 1. The van der Waals surface area contributed by atoms with E-state index in [2.05, 4.69) is 5.32 Å². The lowest BCUT2D eigenvalue weighted by Crippen LogP contribution is -2.36. The number of likely N-dealkylation sites (N-methyl/N-ethyl adjacent to an activating group) is 1. The Morgan fingerprint density at radius 3 is 2.37 bits per heavy atom. The molecule has 1 N–H and O–H groups in total. The summed E-state index contributed by atoms with van der Waals surface area (Å²) in [7, 11) is -3.45. The van der Waals surface area contributed by atoms with Gasteiger partial charge < -0.3 is 5.32 Å². The minimum absolute atomic E-state index is 0.515. The highest BCUT2D eigenvalue weighted by molar-refractivity contribution is 7.89. The van der Waals surface area contributed by atoms with Crippen molar-refractivity contribution in [3.8, 4) is 0 Å². The van der Waals surface area contributed by atoms with Crippen LogP contribution in [0, 0.1) is 13.8 Å². The van der Waals surface area contributed by atoms with E-state index in [-0.39, 0.29) is 0 Å². The first-order valence-corrected chi connectivity index (χ1v) is 9.36. The quantitative estimate of drug-likeness (QED) is 0.834. The number of alkyl halides is 3. The first-order chi connectivity index (χ1) is 12.4. The minimum atomic E-state index is -4.83. The molecule has 2 aromatic rings. The third-order valence-electron chi connectivity index (χ3n) is 3.91. The Kier molecular flexibility index (Phi) is 5.96. The van der Waals surface area contributed by atoms with Crippen LogP contribution in [0.5, 0.6) is 0 Å². The molecule has 9 heteroatoms. The maximum atomic E-state index is 13.1. The summed E-state index contributed by atoms with van der Waals surface area (Å²) in [6, 6.07) is 9.25. The van der Waals surface area contributed by atoms with Gasteiger partial charge in [0.15, 0.2) is 0 Å². The molecule has 0 spiro atoms. The first kappa shape index (κ1) is 20.9. The number of nitrogens with one attached hydrogen (secondary N) is 1. The van der Waals surface area contributed by atoms with Crippen molar-refractivity contribution >= 4 is 21.6 Å². The molecule has 0 fully saturated rings. The van der Waals surface area contributed by atoms with Crippen LogP contribution in [0.1, 0.15) is 16.7 Å². The van der Waals surface area contributed by atoms with E-state index in [0.29, 0.717) is 16.1 Å². The van der Waals surface area contributed by atoms with E-state index in [1.807, 2.05) is 13.0 Å². The lowest BCUT2D eigenvalue weighted by Gasteiger charge is -2.20. The van der Waals surface area contributed by atoms with Crippen LogP contribution in [0.25, 0.3) is 0 Å². The molecule has 0 saturated heterocycles.